The van der Waals surface area contributed by atoms with Gasteiger partial charge in [0.2, 0.25) is 0 Å². The largest absolute Gasteiger partial charge is 0.465 e. The molecule has 2 atom stereocenters. The smallest absolute Gasteiger partial charge is 0.323 e. The molecule has 2 unspecified atom stereocenters. The van der Waals surface area contributed by atoms with Crippen molar-refractivity contribution in [3.05, 3.63) is 0 Å². The first-order valence-corrected chi connectivity index (χ1v) is 7.07. The van der Waals surface area contributed by atoms with Crippen LogP contribution in [-0.4, -0.2) is 59.6 Å². The van der Waals surface area contributed by atoms with Gasteiger partial charge in [-0.1, -0.05) is 6.92 Å². The van der Waals surface area contributed by atoms with Crippen molar-refractivity contribution in [2.75, 3.05) is 31.3 Å². The lowest BCUT2D eigenvalue weighted by molar-refractivity contribution is -0.145. The van der Waals surface area contributed by atoms with E-state index < -0.39 is 6.10 Å². The van der Waals surface area contributed by atoms with Crippen molar-refractivity contribution in [2.45, 2.75) is 32.4 Å². The number of aliphatic hydroxyl groups excluding tert-OH is 2. The summed E-state index contributed by atoms with van der Waals surface area (Å²) >= 11 is 1.52. The predicted octanol–water partition coefficient (Wildman–Crippen LogP) is 0.00410. The van der Waals surface area contributed by atoms with Gasteiger partial charge in [-0.2, -0.15) is 11.8 Å². The van der Waals surface area contributed by atoms with Gasteiger partial charge in [-0.15, -0.1) is 0 Å². The average Bonchev–Trinajstić information content (AvgIpc) is 2.32. The number of thioether (sulfide) groups is 1. The van der Waals surface area contributed by atoms with Crippen molar-refractivity contribution >= 4 is 17.7 Å². The van der Waals surface area contributed by atoms with Gasteiger partial charge >= 0.3 is 5.97 Å². The summed E-state index contributed by atoms with van der Waals surface area (Å²) in [6, 6.07) is -0.279. The lowest BCUT2D eigenvalue weighted by atomic mass is 10.2. The molecule has 0 heterocycles. The van der Waals surface area contributed by atoms with Gasteiger partial charge in [-0.05, 0) is 25.6 Å². The number of nitrogens with one attached hydrogen (secondary N) is 1. The van der Waals surface area contributed by atoms with Gasteiger partial charge in [-0.25, -0.2) is 0 Å². The number of ether oxygens (including phenoxy) is 1. The second-order valence-corrected chi connectivity index (χ2v) is 4.71. The molecule has 3 N–H and O–H groups in total. The fourth-order valence-electron chi connectivity index (χ4n) is 1.27. The van der Waals surface area contributed by atoms with Crippen molar-refractivity contribution in [3.8, 4) is 0 Å². The minimum absolute atomic E-state index is 0.221. The highest BCUT2D eigenvalue weighted by atomic mass is 32.2. The van der Waals surface area contributed by atoms with Gasteiger partial charge in [0.1, 0.15) is 6.04 Å². The molecule has 0 aliphatic carbocycles. The maximum Gasteiger partial charge on any atom is 0.323 e. The van der Waals surface area contributed by atoms with E-state index in [0.29, 0.717) is 25.3 Å². The van der Waals surface area contributed by atoms with Crippen molar-refractivity contribution in [3.63, 3.8) is 0 Å². The lowest BCUT2D eigenvalue weighted by Gasteiger charge is -2.16. The SMILES string of the molecule is CCNC(CCSCC(O)CO)C(=O)OCC. The molecule has 0 radical (unpaired) electrons. The van der Waals surface area contributed by atoms with Crippen molar-refractivity contribution in [2.24, 2.45) is 0 Å². The van der Waals surface area contributed by atoms with Crippen LogP contribution >= 0.6 is 11.8 Å². The van der Waals surface area contributed by atoms with E-state index in [1.807, 2.05) is 6.92 Å². The van der Waals surface area contributed by atoms with Gasteiger partial charge in [0, 0.05) is 5.75 Å². The Balaban J connectivity index is 3.80. The fraction of sp³-hybridized carbons (Fsp3) is 0.909. The van der Waals surface area contributed by atoms with Crippen LogP contribution in [0.5, 0.6) is 0 Å². The van der Waals surface area contributed by atoms with Crippen LogP contribution in [0.4, 0.5) is 0 Å². The maximum absolute atomic E-state index is 11.5. The van der Waals surface area contributed by atoms with Crippen LogP contribution in [0.3, 0.4) is 0 Å². The molecule has 0 aromatic carbocycles. The van der Waals surface area contributed by atoms with Crippen LogP contribution in [0.25, 0.3) is 0 Å². The van der Waals surface area contributed by atoms with Crippen LogP contribution in [0.1, 0.15) is 20.3 Å². The molecule has 0 aromatic heterocycles. The van der Waals surface area contributed by atoms with E-state index in [2.05, 4.69) is 5.32 Å². The average molecular weight is 265 g/mol. The van der Waals surface area contributed by atoms with E-state index in [-0.39, 0.29) is 18.6 Å². The van der Waals surface area contributed by atoms with Gasteiger partial charge in [-0.3, -0.25) is 4.79 Å². The molecule has 17 heavy (non-hydrogen) atoms. The summed E-state index contributed by atoms with van der Waals surface area (Å²) < 4.78 is 4.96. The van der Waals surface area contributed by atoms with E-state index in [0.717, 1.165) is 5.75 Å². The summed E-state index contributed by atoms with van der Waals surface area (Å²) in [5.41, 5.74) is 0. The van der Waals surface area contributed by atoms with E-state index in [1.165, 1.54) is 11.8 Å². The number of aliphatic hydroxyl groups is 2. The maximum atomic E-state index is 11.5. The van der Waals surface area contributed by atoms with Gasteiger partial charge in [0.15, 0.2) is 0 Å². The number of hydrogen-bond donors (Lipinski definition) is 3. The number of hydrogen-bond acceptors (Lipinski definition) is 6. The van der Waals surface area contributed by atoms with Gasteiger partial charge in [0.05, 0.1) is 19.3 Å². The molecule has 0 fully saturated rings. The molecule has 0 rings (SSSR count). The minimum atomic E-state index is -0.680. The Labute approximate surface area is 107 Å². The third-order valence-corrected chi connectivity index (χ3v) is 3.24. The second-order valence-electron chi connectivity index (χ2n) is 3.56. The predicted molar refractivity (Wildman–Crippen MR) is 69.1 cm³/mol. The minimum Gasteiger partial charge on any atom is -0.465 e. The quantitative estimate of drug-likeness (QED) is 0.381. The number of rotatable bonds is 10. The molecular weight excluding hydrogens is 242 g/mol. The third-order valence-electron chi connectivity index (χ3n) is 2.09. The highest BCUT2D eigenvalue weighted by Gasteiger charge is 2.17. The van der Waals surface area contributed by atoms with E-state index >= 15 is 0 Å². The Morgan fingerprint density at radius 1 is 1.47 bits per heavy atom. The van der Waals surface area contributed by atoms with Crippen LogP contribution in [0, 0.1) is 0 Å². The first-order chi connectivity index (χ1) is 8.15. The Bertz CT molecular complexity index is 204. The molecule has 6 heteroatoms. The van der Waals surface area contributed by atoms with Crippen LogP contribution in [0.2, 0.25) is 0 Å². The van der Waals surface area contributed by atoms with E-state index in [1.54, 1.807) is 6.92 Å². The van der Waals surface area contributed by atoms with Gasteiger partial charge < -0.3 is 20.3 Å². The normalized spacial score (nSPS) is 14.4. The summed E-state index contributed by atoms with van der Waals surface area (Å²) in [7, 11) is 0. The van der Waals surface area contributed by atoms with Crippen LogP contribution in [0.15, 0.2) is 0 Å². The van der Waals surface area contributed by atoms with E-state index in [4.69, 9.17) is 14.9 Å². The topological polar surface area (TPSA) is 78.8 Å². The molecule has 0 aliphatic heterocycles. The zero-order valence-electron chi connectivity index (χ0n) is 10.5. The Kier molecular flexibility index (Phi) is 10.6. The lowest BCUT2D eigenvalue weighted by Crippen LogP contribution is -2.38. The molecule has 0 aliphatic rings. The molecule has 0 spiro atoms. The zero-order chi connectivity index (χ0) is 13.1. The number of likely N-dealkylation sites (N-methyl/N-ethyl adjacent to an activating group) is 1. The summed E-state index contributed by atoms with van der Waals surface area (Å²) in [5.74, 6) is 1.00. The van der Waals surface area contributed by atoms with Crippen molar-refractivity contribution in [1.29, 1.82) is 0 Å². The Morgan fingerprint density at radius 3 is 2.71 bits per heavy atom. The Hall–Kier alpha value is -0.300. The summed E-state index contributed by atoms with van der Waals surface area (Å²) in [6.07, 6.45) is -0.0182. The molecule has 0 bridgehead atoms. The van der Waals surface area contributed by atoms with E-state index in [9.17, 15) is 4.79 Å². The first kappa shape index (κ1) is 16.7. The molecule has 102 valence electrons. The summed E-state index contributed by atoms with van der Waals surface area (Å²) in [5, 5.41) is 20.8. The number of carbonyl (C=O) groups is 1. The summed E-state index contributed by atoms with van der Waals surface area (Å²) in [4.78, 5) is 11.5. The molecule has 0 saturated carbocycles. The fourth-order valence-corrected chi connectivity index (χ4v) is 2.21. The second kappa shape index (κ2) is 10.8. The van der Waals surface area contributed by atoms with Crippen molar-refractivity contribution < 1.29 is 19.7 Å². The number of esters is 1. The number of carbonyl (C=O) groups excluding carboxylic acids is 1. The van der Waals surface area contributed by atoms with Crippen molar-refractivity contribution in [1.82, 2.24) is 5.32 Å². The van der Waals surface area contributed by atoms with Crippen LogP contribution < -0.4 is 5.32 Å². The highest BCUT2D eigenvalue weighted by Crippen LogP contribution is 2.08. The summed E-state index contributed by atoms with van der Waals surface area (Å²) in [6.45, 7) is 4.61. The highest BCUT2D eigenvalue weighted by molar-refractivity contribution is 7.99. The third kappa shape index (κ3) is 8.43. The zero-order valence-corrected chi connectivity index (χ0v) is 11.3. The molecule has 0 amide bonds. The standard InChI is InChI=1S/C11H23NO4S/c1-3-12-10(11(15)16-4-2)5-6-17-8-9(14)7-13/h9-10,12-14H,3-8H2,1-2H3. The van der Waals surface area contributed by atoms with Gasteiger partial charge in [0.25, 0.3) is 0 Å². The van der Waals surface area contributed by atoms with Crippen LogP contribution in [-0.2, 0) is 9.53 Å². The Morgan fingerprint density at radius 2 is 2.18 bits per heavy atom. The molecular formula is C11H23NO4S. The monoisotopic (exact) mass is 265 g/mol. The molecule has 5 nitrogen and oxygen atoms in total. The molecule has 0 aromatic rings. The first-order valence-electron chi connectivity index (χ1n) is 5.92. The molecule has 0 saturated heterocycles.